The normalized spacial score (nSPS) is 11.9. The van der Waals surface area contributed by atoms with Crippen LogP contribution in [0.1, 0.15) is 30.0 Å². The van der Waals surface area contributed by atoms with Crippen molar-refractivity contribution in [3.63, 3.8) is 0 Å². The molecule has 1 atom stereocenters. The topological polar surface area (TPSA) is 54.7 Å². The summed E-state index contributed by atoms with van der Waals surface area (Å²) in [7, 11) is 3.09. The highest BCUT2D eigenvalue weighted by Gasteiger charge is 2.16. The summed E-state index contributed by atoms with van der Waals surface area (Å²) in [6, 6.07) is 7.72. The molecule has 0 bridgehead atoms. The van der Waals surface area contributed by atoms with Gasteiger partial charge in [-0.2, -0.15) is 0 Å². The number of nitrogens with zero attached hydrogens (tertiary/aromatic N) is 1. The summed E-state index contributed by atoms with van der Waals surface area (Å²) in [5.74, 6) is 1.24. The number of methoxy groups -OCH3 is 1. The van der Waals surface area contributed by atoms with Crippen LogP contribution < -0.4 is 10.1 Å². The molecular formula is C17H21FN2O3. The summed E-state index contributed by atoms with van der Waals surface area (Å²) in [6.07, 6.45) is 0. The second kappa shape index (κ2) is 7.17. The van der Waals surface area contributed by atoms with Crippen LogP contribution in [0.3, 0.4) is 0 Å². The first kappa shape index (κ1) is 16.9. The molecule has 0 aliphatic heterocycles. The summed E-state index contributed by atoms with van der Waals surface area (Å²) >= 11 is 0. The van der Waals surface area contributed by atoms with Crippen LogP contribution in [0.2, 0.25) is 0 Å². The average molecular weight is 320 g/mol. The predicted molar refractivity (Wildman–Crippen MR) is 84.8 cm³/mol. The molecule has 1 heterocycles. The fourth-order valence-corrected chi connectivity index (χ4v) is 2.21. The molecule has 2 rings (SSSR count). The molecule has 0 aliphatic carbocycles. The Bertz CT molecular complexity index is 684. The standard InChI is InChI=1S/C17H21FN2O3/c1-11-5-7-14(23-11)10-20(3)17(21)19-12(2)13-6-8-16(22-4)15(18)9-13/h5-9,12H,10H2,1-4H3,(H,19,21). The van der Waals surface area contributed by atoms with E-state index in [2.05, 4.69) is 5.32 Å². The number of nitrogens with one attached hydrogen (secondary N) is 1. The summed E-state index contributed by atoms with van der Waals surface area (Å²) in [4.78, 5) is 13.7. The molecule has 5 nitrogen and oxygen atoms in total. The lowest BCUT2D eigenvalue weighted by molar-refractivity contribution is 0.199. The second-order valence-electron chi connectivity index (χ2n) is 5.43. The number of amides is 2. The van der Waals surface area contributed by atoms with Gasteiger partial charge in [0.25, 0.3) is 0 Å². The lowest BCUT2D eigenvalue weighted by Crippen LogP contribution is -2.38. The van der Waals surface area contributed by atoms with Gasteiger partial charge in [-0.3, -0.25) is 0 Å². The number of urea groups is 1. The van der Waals surface area contributed by atoms with Crippen molar-refractivity contribution >= 4 is 6.03 Å². The number of halogens is 1. The van der Waals surface area contributed by atoms with E-state index in [1.165, 1.54) is 18.1 Å². The molecule has 1 N–H and O–H groups in total. The average Bonchev–Trinajstić information content (AvgIpc) is 2.92. The predicted octanol–water partition coefficient (Wildman–Crippen LogP) is 3.64. The van der Waals surface area contributed by atoms with E-state index in [-0.39, 0.29) is 17.8 Å². The van der Waals surface area contributed by atoms with Gasteiger partial charge in [-0.1, -0.05) is 6.07 Å². The maximum absolute atomic E-state index is 13.7. The largest absolute Gasteiger partial charge is 0.494 e. The van der Waals surface area contributed by atoms with Crippen LogP contribution in [0.4, 0.5) is 9.18 Å². The first-order valence-corrected chi connectivity index (χ1v) is 7.31. The zero-order valence-corrected chi connectivity index (χ0v) is 13.7. The summed E-state index contributed by atoms with van der Waals surface area (Å²) in [5, 5.41) is 2.83. The minimum absolute atomic E-state index is 0.178. The molecule has 1 aromatic heterocycles. The monoisotopic (exact) mass is 320 g/mol. The minimum Gasteiger partial charge on any atom is -0.494 e. The number of hydrogen-bond acceptors (Lipinski definition) is 3. The van der Waals surface area contributed by atoms with E-state index < -0.39 is 5.82 Å². The van der Waals surface area contributed by atoms with Crippen molar-refractivity contribution in [2.24, 2.45) is 0 Å². The van der Waals surface area contributed by atoms with Gasteiger partial charge >= 0.3 is 6.03 Å². The summed E-state index contributed by atoms with van der Waals surface area (Å²) in [6.45, 7) is 4.01. The number of aryl methyl sites for hydroxylation is 1. The molecule has 0 aliphatic rings. The minimum atomic E-state index is -0.453. The lowest BCUT2D eigenvalue weighted by atomic mass is 10.1. The highest BCUT2D eigenvalue weighted by Crippen LogP contribution is 2.21. The number of rotatable bonds is 5. The Balaban J connectivity index is 1.97. The Morgan fingerprint density at radius 1 is 1.39 bits per heavy atom. The molecule has 124 valence electrons. The van der Waals surface area contributed by atoms with Crippen molar-refractivity contribution in [2.45, 2.75) is 26.4 Å². The zero-order chi connectivity index (χ0) is 17.0. The molecule has 0 spiro atoms. The molecule has 0 fully saturated rings. The van der Waals surface area contributed by atoms with Crippen LogP contribution in [-0.4, -0.2) is 25.1 Å². The third-order valence-electron chi connectivity index (χ3n) is 3.55. The number of furan rings is 1. The molecule has 23 heavy (non-hydrogen) atoms. The Morgan fingerprint density at radius 3 is 2.70 bits per heavy atom. The van der Waals surface area contributed by atoms with Crippen molar-refractivity contribution < 1.29 is 18.3 Å². The molecule has 0 saturated heterocycles. The van der Waals surface area contributed by atoms with Gasteiger partial charge in [-0.15, -0.1) is 0 Å². The van der Waals surface area contributed by atoms with Crippen molar-refractivity contribution in [3.05, 3.63) is 53.2 Å². The molecule has 1 aromatic carbocycles. The van der Waals surface area contributed by atoms with E-state index in [1.807, 2.05) is 19.1 Å². The first-order chi connectivity index (χ1) is 10.9. The molecule has 0 radical (unpaired) electrons. The smallest absolute Gasteiger partial charge is 0.318 e. The van der Waals surface area contributed by atoms with Gasteiger partial charge in [-0.05, 0) is 43.7 Å². The van der Waals surface area contributed by atoms with Crippen molar-refractivity contribution in [2.75, 3.05) is 14.2 Å². The van der Waals surface area contributed by atoms with Gasteiger partial charge in [-0.25, -0.2) is 9.18 Å². The van der Waals surface area contributed by atoms with Crippen molar-refractivity contribution in [3.8, 4) is 5.75 Å². The molecular weight excluding hydrogens is 299 g/mol. The molecule has 2 aromatic rings. The van der Waals surface area contributed by atoms with Gasteiger partial charge in [0, 0.05) is 7.05 Å². The zero-order valence-electron chi connectivity index (χ0n) is 13.7. The fourth-order valence-electron chi connectivity index (χ4n) is 2.21. The number of hydrogen-bond donors (Lipinski definition) is 1. The second-order valence-corrected chi connectivity index (χ2v) is 5.43. The van der Waals surface area contributed by atoms with Crippen LogP contribution in [0.5, 0.6) is 5.75 Å². The van der Waals surface area contributed by atoms with Gasteiger partial charge in [0.1, 0.15) is 11.5 Å². The quantitative estimate of drug-likeness (QED) is 0.915. The molecule has 2 amide bonds. The number of carbonyl (C=O) groups excluding carboxylic acids is 1. The summed E-state index contributed by atoms with van der Waals surface area (Å²) < 4.78 is 24.1. The van der Waals surface area contributed by atoms with E-state index >= 15 is 0 Å². The van der Waals surface area contributed by atoms with Crippen LogP contribution >= 0.6 is 0 Å². The van der Waals surface area contributed by atoms with E-state index in [0.29, 0.717) is 17.9 Å². The molecule has 1 unspecified atom stereocenters. The van der Waals surface area contributed by atoms with E-state index in [1.54, 1.807) is 26.1 Å². The Hall–Kier alpha value is -2.50. The maximum atomic E-state index is 13.7. The fraction of sp³-hybridized carbons (Fsp3) is 0.353. The molecule has 0 saturated carbocycles. The van der Waals surface area contributed by atoms with Crippen molar-refractivity contribution in [1.82, 2.24) is 10.2 Å². The third kappa shape index (κ3) is 4.25. The van der Waals surface area contributed by atoms with Crippen molar-refractivity contribution in [1.29, 1.82) is 0 Å². The Labute approximate surface area is 135 Å². The van der Waals surface area contributed by atoms with Crippen LogP contribution in [0.25, 0.3) is 0 Å². The van der Waals surface area contributed by atoms with Crippen LogP contribution in [-0.2, 0) is 6.54 Å². The summed E-state index contributed by atoms with van der Waals surface area (Å²) in [5.41, 5.74) is 0.666. The van der Waals surface area contributed by atoms with Gasteiger partial charge < -0.3 is 19.4 Å². The van der Waals surface area contributed by atoms with E-state index in [0.717, 1.165) is 5.76 Å². The first-order valence-electron chi connectivity index (χ1n) is 7.31. The SMILES string of the molecule is COc1ccc(C(C)NC(=O)N(C)Cc2ccc(C)o2)cc1F. The highest BCUT2D eigenvalue weighted by molar-refractivity contribution is 5.74. The highest BCUT2D eigenvalue weighted by atomic mass is 19.1. The van der Waals surface area contributed by atoms with Crippen LogP contribution in [0.15, 0.2) is 34.7 Å². The van der Waals surface area contributed by atoms with Gasteiger partial charge in [0.05, 0.1) is 19.7 Å². The number of ether oxygens (including phenoxy) is 1. The third-order valence-corrected chi connectivity index (χ3v) is 3.55. The van der Waals surface area contributed by atoms with E-state index in [4.69, 9.17) is 9.15 Å². The number of benzene rings is 1. The van der Waals surface area contributed by atoms with Gasteiger partial charge in [0.15, 0.2) is 11.6 Å². The van der Waals surface area contributed by atoms with E-state index in [9.17, 15) is 9.18 Å². The van der Waals surface area contributed by atoms with Gasteiger partial charge in [0.2, 0.25) is 0 Å². The Morgan fingerprint density at radius 2 is 2.13 bits per heavy atom. The maximum Gasteiger partial charge on any atom is 0.318 e. The molecule has 6 heteroatoms. The Kier molecular flexibility index (Phi) is 5.26. The lowest BCUT2D eigenvalue weighted by Gasteiger charge is -2.21. The number of carbonyl (C=O) groups is 1. The van der Waals surface area contributed by atoms with Crippen LogP contribution in [0, 0.1) is 12.7 Å².